The Morgan fingerprint density at radius 3 is 3.00 bits per heavy atom. The third-order valence-electron chi connectivity index (χ3n) is 1.42. The first kappa shape index (κ1) is 3.44. The molecule has 1 aromatic rings. The minimum absolute atomic E-state index is 0.157. The molecule has 0 fully saturated rings. The van der Waals surface area contributed by atoms with Gasteiger partial charge in [0.1, 0.15) is 0 Å². The zero-order valence-corrected chi connectivity index (χ0v) is 6.28. The van der Waals surface area contributed by atoms with E-state index in [9.17, 15) is 5.26 Å². The van der Waals surface area contributed by atoms with E-state index in [0.29, 0.717) is 0 Å². The molecule has 0 spiro atoms. The maximum atomic E-state index is 9.17. The van der Waals surface area contributed by atoms with E-state index < -0.39 is 19.1 Å². The molecule has 0 aliphatic heterocycles. The summed E-state index contributed by atoms with van der Waals surface area (Å²) in [5.41, 5.74) is -2.75. The van der Waals surface area contributed by atoms with E-state index in [1.54, 1.807) is 0 Å². The minimum Gasteiger partial charge on any atom is -0.205 e. The van der Waals surface area contributed by atoms with Gasteiger partial charge in [0, 0.05) is 19.9 Å². The highest BCUT2D eigenvalue weighted by molar-refractivity contribution is 5.25. The smallest absolute Gasteiger partial charge is 0.203 e. The molecule has 62 valence electrons. The molecule has 0 unspecified atom stereocenters. The fraction of sp³-hybridized carbons (Fsp3) is 0.333. The summed E-state index contributed by atoms with van der Waals surface area (Å²) in [6.45, 7) is -6.00. The fourth-order valence-electron chi connectivity index (χ4n) is 0.779. The van der Waals surface area contributed by atoms with E-state index in [2.05, 4.69) is 0 Å². The Kier molecular flexibility index (Phi) is 0.809. The van der Waals surface area contributed by atoms with Crippen LogP contribution in [0.25, 0.3) is 0 Å². The molecule has 3 nitrogen and oxygen atoms in total. The van der Waals surface area contributed by atoms with Crippen molar-refractivity contribution < 1.29 is 12.9 Å². The van der Waals surface area contributed by atoms with Crippen molar-refractivity contribution in [3.8, 4) is 6.07 Å². The van der Waals surface area contributed by atoms with Crippen LogP contribution in [-0.2, 0) is 5.41 Å². The third kappa shape index (κ3) is 1.54. The second-order valence-corrected chi connectivity index (χ2v) is 2.40. The highest BCUT2D eigenvalue weighted by Gasteiger charge is 2.22. The highest BCUT2D eigenvalue weighted by Crippen LogP contribution is 2.19. The molecular formula is C9H12N3+. The molecule has 0 aliphatic carbocycles. The molecule has 1 rings (SSSR count). The van der Waals surface area contributed by atoms with Crippen LogP contribution >= 0.6 is 0 Å². The molecule has 0 saturated heterocycles. The van der Waals surface area contributed by atoms with Crippen molar-refractivity contribution in [3.63, 3.8) is 0 Å². The fourth-order valence-corrected chi connectivity index (χ4v) is 0.779. The molecular weight excluding hydrogens is 150 g/mol. The van der Waals surface area contributed by atoms with Crippen molar-refractivity contribution in [1.82, 2.24) is 0 Å². The van der Waals surface area contributed by atoms with Gasteiger partial charge < -0.3 is 0 Å². The predicted molar refractivity (Wildman–Crippen MR) is 45.4 cm³/mol. The molecule has 0 aromatic carbocycles. The molecule has 0 amide bonds. The van der Waals surface area contributed by atoms with Gasteiger partial charge in [-0.25, -0.2) is 5.84 Å². The summed E-state index contributed by atoms with van der Waals surface area (Å²) >= 11 is 0. The number of pyridine rings is 1. The van der Waals surface area contributed by atoms with Crippen LogP contribution in [0.2, 0.25) is 0 Å². The number of nitrogens with zero attached hydrogens (tertiary/aromatic N) is 2. The van der Waals surface area contributed by atoms with Crippen LogP contribution in [0, 0.1) is 11.3 Å². The van der Waals surface area contributed by atoms with Gasteiger partial charge in [-0.15, -0.1) is 0 Å². The van der Waals surface area contributed by atoms with E-state index >= 15 is 0 Å². The number of nitrogens with two attached hydrogens (primary N) is 1. The first-order chi connectivity index (χ1) is 8.06. The second kappa shape index (κ2) is 2.82. The monoisotopic (exact) mass is 168 g/mol. The van der Waals surface area contributed by atoms with Crippen LogP contribution < -0.4 is 10.5 Å². The van der Waals surface area contributed by atoms with Gasteiger partial charge in [0.2, 0.25) is 6.20 Å². The summed E-state index contributed by atoms with van der Waals surface area (Å²) in [7, 11) is 0. The van der Waals surface area contributed by atoms with Gasteiger partial charge in [-0.1, -0.05) is 4.68 Å². The Morgan fingerprint density at radius 1 is 1.75 bits per heavy atom. The van der Waals surface area contributed by atoms with Crippen molar-refractivity contribution in [1.29, 1.82) is 5.26 Å². The lowest BCUT2D eigenvalue weighted by molar-refractivity contribution is -0.639. The quantitative estimate of drug-likeness (QED) is 0.490. The number of aromatic nitrogens is 1. The number of nitrogen functional groups attached to an aromatic ring is 1. The van der Waals surface area contributed by atoms with Gasteiger partial charge in [0.25, 0.3) is 0 Å². The van der Waals surface area contributed by atoms with E-state index in [1.807, 2.05) is 0 Å². The topological polar surface area (TPSA) is 53.7 Å². The Bertz CT molecular complexity index is 470. The van der Waals surface area contributed by atoms with E-state index in [0.717, 1.165) is 10.9 Å². The van der Waals surface area contributed by atoms with Crippen molar-refractivity contribution in [3.05, 3.63) is 30.1 Å². The van der Waals surface area contributed by atoms with Gasteiger partial charge in [-0.2, -0.15) is 5.26 Å². The number of hydrogen-bond donors (Lipinski definition) is 1. The standard InChI is InChI=1S/C9H12N3/c1-9(2,7-10)8-4-3-5-12(11)6-8/h3-6H,11H2,1-2H3/q+1/i1D3,2D3. The number of nitriles is 1. The third-order valence-corrected chi connectivity index (χ3v) is 1.42. The Morgan fingerprint density at radius 2 is 2.50 bits per heavy atom. The SMILES string of the molecule is [2H]C([2H])([2H])C(C#N)(c1ccc[n+](N)c1)C([2H])([2H])[2H]. The van der Waals surface area contributed by atoms with E-state index in [-0.39, 0.29) is 5.56 Å². The van der Waals surface area contributed by atoms with Crippen LogP contribution in [0.1, 0.15) is 27.5 Å². The zero-order chi connectivity index (χ0) is 14.2. The molecule has 0 aliphatic rings. The van der Waals surface area contributed by atoms with Gasteiger partial charge >= 0.3 is 0 Å². The predicted octanol–water partition coefficient (Wildman–Crippen LogP) is 0.489. The highest BCUT2D eigenvalue weighted by atomic mass is 15.3. The van der Waals surface area contributed by atoms with Crippen molar-refractivity contribution >= 4 is 0 Å². The molecule has 0 radical (unpaired) electrons. The van der Waals surface area contributed by atoms with Crippen LogP contribution in [0.15, 0.2) is 24.5 Å². The molecule has 3 heteroatoms. The maximum Gasteiger partial charge on any atom is 0.203 e. The summed E-state index contributed by atoms with van der Waals surface area (Å²) in [4.78, 5) is 0. The first-order valence-electron chi connectivity index (χ1n) is 6.24. The molecule has 12 heavy (non-hydrogen) atoms. The van der Waals surface area contributed by atoms with Crippen LogP contribution in [-0.4, -0.2) is 0 Å². The summed E-state index contributed by atoms with van der Waals surface area (Å²) in [5, 5.41) is 9.17. The molecule has 0 saturated carbocycles. The first-order valence-corrected chi connectivity index (χ1v) is 3.24. The second-order valence-electron chi connectivity index (χ2n) is 2.40. The van der Waals surface area contributed by atoms with Crippen LogP contribution in [0.4, 0.5) is 0 Å². The lowest BCUT2D eigenvalue weighted by Gasteiger charge is -2.12. The Balaban J connectivity index is 3.64. The van der Waals surface area contributed by atoms with Crippen LogP contribution in [0.5, 0.6) is 0 Å². The molecule has 0 bridgehead atoms. The molecule has 0 atom stereocenters. The van der Waals surface area contributed by atoms with Gasteiger partial charge in [-0.05, 0) is 19.8 Å². The van der Waals surface area contributed by atoms with E-state index in [1.165, 1.54) is 24.4 Å². The van der Waals surface area contributed by atoms with Crippen molar-refractivity contribution in [2.45, 2.75) is 19.1 Å². The molecule has 1 aromatic heterocycles. The Labute approximate surface area is 80.5 Å². The van der Waals surface area contributed by atoms with Crippen LogP contribution in [0.3, 0.4) is 0 Å². The molecule has 2 N–H and O–H groups in total. The van der Waals surface area contributed by atoms with Crippen molar-refractivity contribution in [2.24, 2.45) is 0 Å². The van der Waals surface area contributed by atoms with Crippen molar-refractivity contribution in [2.75, 3.05) is 5.84 Å². The molecule has 1 heterocycles. The average Bonchev–Trinajstić information content (AvgIpc) is 2.14. The Hall–Kier alpha value is -1.56. The zero-order valence-electron chi connectivity index (χ0n) is 12.3. The number of rotatable bonds is 1. The summed E-state index contributed by atoms with van der Waals surface area (Å²) in [6, 6.07) is 4.10. The van der Waals surface area contributed by atoms with Gasteiger partial charge in [-0.3, -0.25) is 0 Å². The lowest BCUT2D eigenvalue weighted by Crippen LogP contribution is -2.44. The lowest BCUT2D eigenvalue weighted by atomic mass is 9.88. The van der Waals surface area contributed by atoms with Gasteiger partial charge in [0.05, 0.1) is 11.5 Å². The van der Waals surface area contributed by atoms with Gasteiger partial charge in [0.15, 0.2) is 6.20 Å². The number of hydrogen-bond acceptors (Lipinski definition) is 2. The van der Waals surface area contributed by atoms with E-state index in [4.69, 9.17) is 14.1 Å². The minimum atomic E-state index is -3.00. The summed E-state index contributed by atoms with van der Waals surface area (Å²) in [6.07, 6.45) is 2.53. The summed E-state index contributed by atoms with van der Waals surface area (Å²) in [5.74, 6) is 5.44. The largest absolute Gasteiger partial charge is 0.205 e. The normalized spacial score (nSPS) is 20.2. The maximum absolute atomic E-state index is 9.17. The summed E-state index contributed by atoms with van der Waals surface area (Å²) < 4.78 is 45.4. The average molecular weight is 168 g/mol.